The number of rotatable bonds is 6. The Labute approximate surface area is 110 Å². The zero-order chi connectivity index (χ0) is 14.5. The molecule has 0 aromatic heterocycles. The molecule has 1 N–H and O–H groups in total. The fourth-order valence-electron chi connectivity index (χ4n) is 1.16. The lowest BCUT2D eigenvalue weighted by Gasteiger charge is -2.22. The van der Waals surface area contributed by atoms with Gasteiger partial charge in [0.2, 0.25) is 0 Å². The minimum atomic E-state index is -1.90. The Morgan fingerprint density at radius 2 is 2.00 bits per heavy atom. The second-order valence-corrected chi connectivity index (χ2v) is 7.06. The molecule has 2 atom stereocenters. The smallest absolute Gasteiger partial charge is 0.333 e. The van der Waals surface area contributed by atoms with Gasteiger partial charge < -0.3 is 19.2 Å². The molecule has 0 saturated heterocycles. The fourth-order valence-corrected chi connectivity index (χ4v) is 2.50. The van der Waals surface area contributed by atoms with Gasteiger partial charge in [0.25, 0.3) is 5.48 Å². The number of hydrogen-bond acceptors (Lipinski definition) is 3. The van der Waals surface area contributed by atoms with Gasteiger partial charge in [0.05, 0.1) is 28.9 Å². The van der Waals surface area contributed by atoms with E-state index >= 15 is 0 Å². The number of quaternary nitrogens is 1. The van der Waals surface area contributed by atoms with E-state index in [2.05, 4.69) is 6.58 Å². The van der Waals surface area contributed by atoms with Crippen molar-refractivity contribution in [3.8, 4) is 0 Å². The van der Waals surface area contributed by atoms with Crippen LogP contribution in [0.5, 0.6) is 0 Å². The Hall–Kier alpha value is -0.740. The van der Waals surface area contributed by atoms with Crippen molar-refractivity contribution in [2.24, 2.45) is 0 Å². The minimum absolute atomic E-state index is 0.0456. The van der Waals surface area contributed by atoms with Gasteiger partial charge in [0.1, 0.15) is 12.3 Å². The molecular formula is C12H23NO4P+. The van der Waals surface area contributed by atoms with E-state index in [1.165, 1.54) is 0 Å². The van der Waals surface area contributed by atoms with Crippen molar-refractivity contribution in [2.45, 2.75) is 20.0 Å². The summed E-state index contributed by atoms with van der Waals surface area (Å²) in [6.45, 7) is 6.98. The molecule has 0 aromatic rings. The molecule has 0 aromatic carbocycles. The molecule has 6 heteroatoms. The van der Waals surface area contributed by atoms with Gasteiger partial charge in [-0.05, 0) is 13.8 Å². The number of aliphatic hydroxyl groups is 1. The summed E-state index contributed by atoms with van der Waals surface area (Å²) in [6.07, 6.45) is -0.382. The molecule has 0 aliphatic rings. The lowest BCUT2D eigenvalue weighted by Crippen LogP contribution is -2.40. The number of hydrogen-bond donors (Lipinski definition) is 1. The fraction of sp³-hybridized carbons (Fsp3) is 0.667. The van der Waals surface area contributed by atoms with Crippen molar-refractivity contribution in [3.05, 3.63) is 12.2 Å². The Balaban J connectivity index is 4.46. The zero-order valence-electron chi connectivity index (χ0n) is 11.8. The van der Waals surface area contributed by atoms with Gasteiger partial charge in [0, 0.05) is 5.57 Å². The first-order valence-electron chi connectivity index (χ1n) is 5.69. The second-order valence-electron chi connectivity index (χ2n) is 5.42. The molecule has 0 bridgehead atoms. The lowest BCUT2D eigenvalue weighted by molar-refractivity contribution is -0.861. The normalized spacial score (nSPS) is 14.8. The Morgan fingerprint density at radius 3 is 2.39 bits per heavy atom. The van der Waals surface area contributed by atoms with Crippen LogP contribution in [0.25, 0.3) is 0 Å². The molecule has 0 amide bonds. The van der Waals surface area contributed by atoms with Crippen LogP contribution < -0.4 is 4.89 Å². The first-order valence-corrected chi connectivity index (χ1v) is 7.14. The van der Waals surface area contributed by atoms with Crippen LogP contribution in [0.2, 0.25) is 0 Å². The van der Waals surface area contributed by atoms with Crippen molar-refractivity contribution >= 4 is 19.2 Å². The number of aliphatic hydroxyl groups excluding tert-OH is 1. The lowest BCUT2D eigenvalue weighted by atomic mass is 10.3. The van der Waals surface area contributed by atoms with Crippen LogP contribution in [0.3, 0.4) is 0 Å². The summed E-state index contributed by atoms with van der Waals surface area (Å²) in [5.74, 6) is -0.503. The highest BCUT2D eigenvalue weighted by atomic mass is 31.1. The van der Waals surface area contributed by atoms with E-state index in [-0.39, 0.29) is 11.6 Å². The predicted octanol–water partition coefficient (Wildman–Crippen LogP) is 0.460. The van der Waals surface area contributed by atoms with E-state index in [0.29, 0.717) is 16.6 Å². The molecule has 2 unspecified atom stereocenters. The number of esters is 1. The van der Waals surface area contributed by atoms with E-state index < -0.39 is 19.8 Å². The van der Waals surface area contributed by atoms with E-state index in [4.69, 9.17) is 4.74 Å². The molecule has 0 aliphatic heterocycles. The van der Waals surface area contributed by atoms with Crippen molar-refractivity contribution < 1.29 is 24.0 Å². The molecule has 0 heterocycles. The number of nitrogens with zero attached hydrogens (tertiary/aromatic N) is 1. The molecule has 0 rings (SSSR count). The summed E-state index contributed by atoms with van der Waals surface area (Å²) in [5, 5.41) is 9.70. The minimum Gasteiger partial charge on any atom is -0.628 e. The first kappa shape index (κ1) is 17.3. The molecule has 0 spiro atoms. The molecule has 0 aliphatic carbocycles. The summed E-state index contributed by atoms with van der Waals surface area (Å²) in [6, 6.07) is 0. The summed E-state index contributed by atoms with van der Waals surface area (Å²) < 4.78 is 5.50. The predicted molar refractivity (Wildman–Crippen MR) is 72.0 cm³/mol. The maximum Gasteiger partial charge on any atom is 0.333 e. The second kappa shape index (κ2) is 7.00. The third kappa shape index (κ3) is 7.56. The van der Waals surface area contributed by atoms with Gasteiger partial charge in [-0.25, -0.2) is 4.79 Å². The van der Waals surface area contributed by atoms with Crippen LogP contribution >= 0.6 is 7.77 Å². The van der Waals surface area contributed by atoms with Crippen LogP contribution in [0.4, 0.5) is 0 Å². The van der Waals surface area contributed by atoms with Gasteiger partial charge in [-0.1, -0.05) is 6.58 Å². The van der Waals surface area contributed by atoms with Crippen LogP contribution in [0.1, 0.15) is 13.8 Å². The highest BCUT2D eigenvalue weighted by Crippen LogP contribution is 2.17. The molecule has 5 nitrogen and oxygen atoms in total. The van der Waals surface area contributed by atoms with Crippen molar-refractivity contribution in [3.63, 3.8) is 0 Å². The summed E-state index contributed by atoms with van der Waals surface area (Å²) in [7, 11) is 3.78. The first-order chi connectivity index (χ1) is 8.03. The van der Waals surface area contributed by atoms with Crippen molar-refractivity contribution in [2.75, 3.05) is 33.8 Å². The van der Waals surface area contributed by atoms with Gasteiger partial charge >= 0.3 is 5.97 Å². The van der Waals surface area contributed by atoms with Crippen LogP contribution in [0, 0.1) is 0 Å². The SMILES string of the molecule is C=C(C)C(=O)OC(C)C/[P+]([O-])=C(\O)C[N+](C)(C)C. The largest absolute Gasteiger partial charge is 0.628 e. The maximum atomic E-state index is 11.8. The Kier molecular flexibility index (Phi) is 6.71. The monoisotopic (exact) mass is 276 g/mol. The van der Waals surface area contributed by atoms with Gasteiger partial charge in [-0.3, -0.25) is 0 Å². The zero-order valence-corrected chi connectivity index (χ0v) is 12.7. The van der Waals surface area contributed by atoms with Crippen LogP contribution in [0.15, 0.2) is 12.2 Å². The maximum absolute atomic E-state index is 11.8. The number of carbonyl (C=O) groups is 1. The van der Waals surface area contributed by atoms with E-state index in [0.717, 1.165) is 0 Å². The Morgan fingerprint density at radius 1 is 1.50 bits per heavy atom. The van der Waals surface area contributed by atoms with Crippen molar-refractivity contribution in [1.29, 1.82) is 0 Å². The molecule has 0 radical (unpaired) electrons. The highest BCUT2D eigenvalue weighted by Gasteiger charge is 2.20. The standard InChI is InChI=1S/C12H22NO4P/c1-9(2)12(15)17-10(3)8-18(16)11(14)7-13(4,5)6/h10H,1,7-8H2,2-6H3/p+1. The number of carbonyl (C=O) groups excluding carboxylic acids is 1. The summed E-state index contributed by atoms with van der Waals surface area (Å²) in [5.41, 5.74) is 0.257. The number of likely N-dealkylation sites (N-methyl/N-ethyl adjacent to an activating group) is 1. The summed E-state index contributed by atoms with van der Waals surface area (Å²) in [4.78, 5) is 23.1. The average molecular weight is 276 g/mol. The topological polar surface area (TPSA) is 69.6 Å². The molecule has 0 fully saturated rings. The van der Waals surface area contributed by atoms with E-state index in [1.54, 1.807) is 13.8 Å². The van der Waals surface area contributed by atoms with Gasteiger partial charge in [-0.2, -0.15) is 0 Å². The highest BCUT2D eigenvalue weighted by molar-refractivity contribution is 7.51. The van der Waals surface area contributed by atoms with Crippen LogP contribution in [-0.4, -0.2) is 61.0 Å². The van der Waals surface area contributed by atoms with Gasteiger partial charge in [0.15, 0.2) is 6.54 Å². The third-order valence-electron chi connectivity index (χ3n) is 1.98. The average Bonchev–Trinajstić information content (AvgIpc) is 2.14. The van der Waals surface area contributed by atoms with Crippen molar-refractivity contribution in [1.82, 2.24) is 0 Å². The quantitative estimate of drug-likeness (QED) is 0.331. The summed E-state index contributed by atoms with van der Waals surface area (Å²) >= 11 is 0. The molecule has 18 heavy (non-hydrogen) atoms. The molecule has 104 valence electrons. The molecule has 0 saturated carbocycles. The van der Waals surface area contributed by atoms with E-state index in [9.17, 15) is 14.8 Å². The van der Waals surface area contributed by atoms with E-state index in [1.807, 2.05) is 21.1 Å². The number of ether oxygens (including phenoxy) is 1. The van der Waals surface area contributed by atoms with Gasteiger partial charge in [-0.15, -0.1) is 0 Å². The Bertz CT molecular complexity index is 358. The third-order valence-corrected chi connectivity index (χ3v) is 3.55. The van der Waals surface area contributed by atoms with Crippen LogP contribution in [-0.2, 0) is 9.53 Å². The molecular weight excluding hydrogens is 253 g/mol.